The lowest BCUT2D eigenvalue weighted by molar-refractivity contribution is -0.163. The zero-order valence-electron chi connectivity index (χ0n) is 20.4. The fraction of sp³-hybridized carbons (Fsp3) is 0.500. The van der Waals surface area contributed by atoms with Crippen molar-refractivity contribution in [3.63, 3.8) is 0 Å². The molecule has 0 aliphatic carbocycles. The highest BCUT2D eigenvalue weighted by Gasteiger charge is 2.45. The van der Waals surface area contributed by atoms with Crippen LogP contribution < -0.4 is 10.2 Å². The summed E-state index contributed by atoms with van der Waals surface area (Å²) in [7, 11) is 0. The summed E-state index contributed by atoms with van der Waals surface area (Å²) >= 11 is 0. The molecule has 1 saturated heterocycles. The van der Waals surface area contributed by atoms with Crippen molar-refractivity contribution in [3.8, 4) is 0 Å². The SMILES string of the molecule is CC(C)C[C@H](NC(=O)C1=CN(c2ncc(F)cc2F)C2=NC(N3C[C@@H](O)[C@H](O)C3)=CCC2C1=O)C(F)(F)F. The van der Waals surface area contributed by atoms with Crippen molar-refractivity contribution in [1.29, 1.82) is 0 Å². The number of hydrogen-bond donors (Lipinski definition) is 3. The topological polar surface area (TPSA) is 118 Å². The van der Waals surface area contributed by atoms with E-state index < -0.39 is 77.4 Å². The van der Waals surface area contributed by atoms with Crippen molar-refractivity contribution >= 4 is 23.3 Å². The maximum atomic E-state index is 14.8. The van der Waals surface area contributed by atoms with E-state index in [2.05, 4.69) is 9.98 Å². The molecule has 1 amide bonds. The number of rotatable bonds is 6. The second-order valence-corrected chi connectivity index (χ2v) is 9.79. The van der Waals surface area contributed by atoms with Gasteiger partial charge in [-0.25, -0.2) is 18.8 Å². The number of alkyl halides is 3. The number of allylic oxidation sites excluding steroid dienone is 1. The van der Waals surface area contributed by atoms with Gasteiger partial charge in [0.15, 0.2) is 17.4 Å². The van der Waals surface area contributed by atoms with Crippen LogP contribution >= 0.6 is 0 Å². The number of amidine groups is 1. The molecule has 0 radical (unpaired) electrons. The molecular weight excluding hydrogens is 517 g/mol. The van der Waals surface area contributed by atoms with Crippen LogP contribution in [-0.4, -0.2) is 75.1 Å². The van der Waals surface area contributed by atoms with Gasteiger partial charge in [0.1, 0.15) is 23.5 Å². The number of anilines is 1. The first kappa shape index (κ1) is 27.6. The second-order valence-electron chi connectivity index (χ2n) is 9.79. The summed E-state index contributed by atoms with van der Waals surface area (Å²) in [5, 5.41) is 21.6. The van der Waals surface area contributed by atoms with Gasteiger partial charge in [0.25, 0.3) is 5.91 Å². The zero-order valence-corrected chi connectivity index (χ0v) is 20.4. The number of β-amino-alcohol motifs (C(OH)–C–C–N with tert-alkyl or cyclic N) is 2. The van der Waals surface area contributed by atoms with Crippen LogP contribution in [0.1, 0.15) is 26.7 Å². The largest absolute Gasteiger partial charge is 0.408 e. The number of nitrogens with one attached hydrogen (secondary N) is 1. The predicted octanol–water partition coefficient (Wildman–Crippen LogP) is 2.02. The van der Waals surface area contributed by atoms with Crippen LogP contribution in [0.15, 0.2) is 40.9 Å². The zero-order chi connectivity index (χ0) is 27.9. The van der Waals surface area contributed by atoms with Crippen LogP contribution in [0, 0.1) is 23.5 Å². The van der Waals surface area contributed by atoms with Crippen LogP contribution in [0.25, 0.3) is 0 Å². The molecule has 4 rings (SSSR count). The highest BCUT2D eigenvalue weighted by Crippen LogP contribution is 2.34. The molecular formula is C24H26F5N5O4. The average molecular weight is 543 g/mol. The molecule has 1 fully saturated rings. The van der Waals surface area contributed by atoms with Crippen LogP contribution in [0.2, 0.25) is 0 Å². The summed E-state index contributed by atoms with van der Waals surface area (Å²) in [6.45, 7) is 3.16. The molecule has 9 nitrogen and oxygen atoms in total. The fourth-order valence-electron chi connectivity index (χ4n) is 4.53. The van der Waals surface area contributed by atoms with Gasteiger partial charge in [-0.1, -0.05) is 13.8 Å². The minimum Gasteiger partial charge on any atom is -0.389 e. The van der Waals surface area contributed by atoms with Crippen LogP contribution in [0.5, 0.6) is 0 Å². The van der Waals surface area contributed by atoms with Gasteiger partial charge in [-0.3, -0.25) is 14.5 Å². The molecule has 14 heteroatoms. The van der Waals surface area contributed by atoms with E-state index in [0.29, 0.717) is 12.3 Å². The number of amides is 1. The third-order valence-corrected chi connectivity index (χ3v) is 6.42. The Hall–Kier alpha value is -3.39. The van der Waals surface area contributed by atoms with Crippen molar-refractivity contribution in [2.45, 2.75) is 51.1 Å². The Morgan fingerprint density at radius 2 is 1.87 bits per heavy atom. The Morgan fingerprint density at radius 1 is 1.21 bits per heavy atom. The quantitative estimate of drug-likeness (QED) is 0.371. The Balaban J connectivity index is 1.74. The number of carbonyl (C=O) groups excluding carboxylic acids is 2. The summed E-state index contributed by atoms with van der Waals surface area (Å²) < 4.78 is 69.0. The number of halogens is 5. The predicted molar refractivity (Wildman–Crippen MR) is 124 cm³/mol. The smallest absolute Gasteiger partial charge is 0.389 e. The Morgan fingerprint density at radius 3 is 2.45 bits per heavy atom. The molecule has 0 aromatic carbocycles. The van der Waals surface area contributed by atoms with E-state index in [1.54, 1.807) is 18.7 Å². The van der Waals surface area contributed by atoms with E-state index in [0.717, 1.165) is 11.1 Å². The highest BCUT2D eigenvalue weighted by atomic mass is 19.4. The molecule has 3 aliphatic heterocycles. The molecule has 3 aliphatic rings. The van der Waals surface area contributed by atoms with E-state index >= 15 is 0 Å². The van der Waals surface area contributed by atoms with Crippen LogP contribution in [0.4, 0.5) is 27.8 Å². The minimum atomic E-state index is -4.78. The molecule has 0 bridgehead atoms. The fourth-order valence-corrected chi connectivity index (χ4v) is 4.53. The number of aromatic nitrogens is 1. The number of carbonyl (C=O) groups is 2. The molecule has 3 N–H and O–H groups in total. The molecule has 206 valence electrons. The third-order valence-electron chi connectivity index (χ3n) is 6.42. The monoisotopic (exact) mass is 543 g/mol. The Bertz CT molecular complexity index is 1210. The van der Waals surface area contributed by atoms with Gasteiger partial charge in [-0.05, 0) is 24.8 Å². The summed E-state index contributed by atoms with van der Waals surface area (Å²) in [6, 6.07) is -1.70. The van der Waals surface area contributed by atoms with Gasteiger partial charge in [0, 0.05) is 25.4 Å². The van der Waals surface area contributed by atoms with E-state index in [1.807, 2.05) is 5.32 Å². The van der Waals surface area contributed by atoms with Gasteiger partial charge in [0.05, 0.1) is 29.9 Å². The summed E-state index contributed by atoms with van der Waals surface area (Å²) in [5.41, 5.74) is -0.665. The van der Waals surface area contributed by atoms with Gasteiger partial charge in [-0.15, -0.1) is 0 Å². The second kappa shape index (κ2) is 10.4. The number of likely N-dealkylation sites (tertiary alicyclic amines) is 1. The van der Waals surface area contributed by atoms with Crippen molar-refractivity contribution in [1.82, 2.24) is 15.2 Å². The molecule has 1 aromatic rings. The van der Waals surface area contributed by atoms with E-state index in [9.17, 15) is 41.8 Å². The Kier molecular flexibility index (Phi) is 7.57. The summed E-state index contributed by atoms with van der Waals surface area (Å²) in [6.07, 6.45) is -4.29. The first-order valence-corrected chi connectivity index (χ1v) is 11.9. The normalized spacial score (nSPS) is 24.6. The lowest BCUT2D eigenvalue weighted by Crippen LogP contribution is -2.51. The highest BCUT2D eigenvalue weighted by molar-refractivity contribution is 6.30. The minimum absolute atomic E-state index is 0.0315. The summed E-state index contributed by atoms with van der Waals surface area (Å²) in [5.74, 6) is -6.25. The lowest BCUT2D eigenvalue weighted by atomic mass is 9.87. The van der Waals surface area contributed by atoms with Gasteiger partial charge < -0.3 is 20.4 Å². The molecule has 4 heterocycles. The number of fused-ring (bicyclic) bond motifs is 1. The molecule has 4 atom stereocenters. The number of aliphatic hydroxyl groups excluding tert-OH is 2. The number of ketones is 1. The van der Waals surface area contributed by atoms with Crippen molar-refractivity contribution in [2.75, 3.05) is 18.0 Å². The van der Waals surface area contributed by atoms with E-state index in [-0.39, 0.29) is 31.2 Å². The standard InChI is InChI=1S/C24H26F5N5O4/c1-11(2)5-18(24(27,28)29)31-23(38)14-8-34(22-15(26)6-12(25)7-30-22)21-13(20(14)37)3-4-19(32-21)33-9-16(35)17(36)10-33/h4,6-8,11,13,16-18,35-36H,3,5,9-10H2,1-2H3,(H,31,38)/t13?,16-,17-,18+/m1/s1. The van der Waals surface area contributed by atoms with E-state index in [4.69, 9.17) is 0 Å². The maximum Gasteiger partial charge on any atom is 0.408 e. The van der Waals surface area contributed by atoms with Crippen molar-refractivity contribution in [2.24, 2.45) is 16.8 Å². The number of pyridine rings is 1. The van der Waals surface area contributed by atoms with Crippen LogP contribution in [-0.2, 0) is 9.59 Å². The third kappa shape index (κ3) is 5.55. The number of hydrogen-bond acceptors (Lipinski definition) is 8. The van der Waals surface area contributed by atoms with Gasteiger partial charge >= 0.3 is 6.18 Å². The van der Waals surface area contributed by atoms with Crippen molar-refractivity contribution in [3.05, 3.63) is 47.6 Å². The molecule has 0 spiro atoms. The lowest BCUT2D eigenvalue weighted by Gasteiger charge is -2.35. The molecule has 1 aromatic heterocycles. The molecule has 38 heavy (non-hydrogen) atoms. The summed E-state index contributed by atoms with van der Waals surface area (Å²) in [4.78, 5) is 36.8. The van der Waals surface area contributed by atoms with Gasteiger partial charge in [-0.2, -0.15) is 13.2 Å². The van der Waals surface area contributed by atoms with Crippen LogP contribution in [0.3, 0.4) is 0 Å². The molecule has 0 saturated carbocycles. The Labute approximate surface area is 214 Å². The van der Waals surface area contributed by atoms with E-state index in [1.165, 1.54) is 6.08 Å². The first-order valence-electron chi connectivity index (χ1n) is 11.9. The number of aliphatic hydroxyl groups is 2. The number of nitrogens with zero attached hydrogens (tertiary/aromatic N) is 4. The molecule has 1 unspecified atom stereocenters. The number of Topliss-reactive ketones (excluding diaryl/α,β-unsaturated/α-hetero) is 1. The van der Waals surface area contributed by atoms with Crippen molar-refractivity contribution < 1.29 is 41.8 Å². The van der Waals surface area contributed by atoms with Gasteiger partial charge in [0.2, 0.25) is 0 Å². The maximum absolute atomic E-state index is 14.8. The first-order chi connectivity index (χ1) is 17.8. The number of aliphatic imine (C=N–C) groups is 1. The average Bonchev–Trinajstić information content (AvgIpc) is 3.16.